The predicted octanol–water partition coefficient (Wildman–Crippen LogP) is 1.33. The largest absolute Gasteiger partial charge is 0.396 e. The lowest BCUT2D eigenvalue weighted by Gasteiger charge is -2.04. The minimum atomic E-state index is 0.147. The van der Waals surface area contributed by atoms with Gasteiger partial charge in [-0.1, -0.05) is 19.9 Å². The highest BCUT2D eigenvalue weighted by Crippen LogP contribution is 2.06. The Hall–Kier alpha value is -0.340. The molecule has 0 rings (SSSR count). The first-order valence-electron chi connectivity index (χ1n) is 4.14. The van der Waals surface area contributed by atoms with E-state index in [-0.39, 0.29) is 13.2 Å². The molecule has 0 aromatic rings. The van der Waals surface area contributed by atoms with Gasteiger partial charge in [-0.05, 0) is 24.3 Å². The molecule has 0 aliphatic rings. The summed E-state index contributed by atoms with van der Waals surface area (Å²) in [7, 11) is 0. The Kier molecular flexibility index (Phi) is 6.18. The molecule has 11 heavy (non-hydrogen) atoms. The van der Waals surface area contributed by atoms with Gasteiger partial charge in [0.15, 0.2) is 0 Å². The summed E-state index contributed by atoms with van der Waals surface area (Å²) in [6.07, 6.45) is 3.77. The van der Waals surface area contributed by atoms with Gasteiger partial charge in [0.1, 0.15) is 0 Å². The SMILES string of the molecule is CC/C(=C\CC(C)CO)CO. The van der Waals surface area contributed by atoms with E-state index in [0.29, 0.717) is 5.92 Å². The zero-order chi connectivity index (χ0) is 8.69. The van der Waals surface area contributed by atoms with Crippen LogP contribution in [-0.2, 0) is 0 Å². The Morgan fingerprint density at radius 2 is 2.09 bits per heavy atom. The van der Waals surface area contributed by atoms with Crippen LogP contribution < -0.4 is 0 Å². The zero-order valence-electron chi connectivity index (χ0n) is 7.38. The second-order valence-electron chi connectivity index (χ2n) is 2.90. The van der Waals surface area contributed by atoms with Crippen LogP contribution in [-0.4, -0.2) is 23.4 Å². The molecule has 0 heterocycles. The van der Waals surface area contributed by atoms with Gasteiger partial charge in [0.05, 0.1) is 6.61 Å². The summed E-state index contributed by atoms with van der Waals surface area (Å²) < 4.78 is 0. The van der Waals surface area contributed by atoms with E-state index >= 15 is 0 Å². The van der Waals surface area contributed by atoms with Gasteiger partial charge < -0.3 is 10.2 Å². The van der Waals surface area contributed by atoms with Crippen LogP contribution in [0.5, 0.6) is 0 Å². The van der Waals surface area contributed by atoms with Gasteiger partial charge in [0.2, 0.25) is 0 Å². The normalized spacial score (nSPS) is 15.1. The molecule has 0 radical (unpaired) electrons. The van der Waals surface area contributed by atoms with E-state index in [0.717, 1.165) is 18.4 Å². The second kappa shape index (κ2) is 6.38. The number of hydrogen-bond donors (Lipinski definition) is 2. The molecule has 0 spiro atoms. The van der Waals surface area contributed by atoms with Crippen LogP contribution in [0.2, 0.25) is 0 Å². The Morgan fingerprint density at radius 1 is 1.45 bits per heavy atom. The predicted molar refractivity (Wildman–Crippen MR) is 46.3 cm³/mol. The van der Waals surface area contributed by atoms with Crippen molar-refractivity contribution in [1.82, 2.24) is 0 Å². The Labute approximate surface area is 68.6 Å². The van der Waals surface area contributed by atoms with Crippen LogP contribution >= 0.6 is 0 Å². The monoisotopic (exact) mass is 158 g/mol. The van der Waals surface area contributed by atoms with Gasteiger partial charge in [0.25, 0.3) is 0 Å². The molecule has 0 aromatic carbocycles. The fourth-order valence-electron chi connectivity index (χ4n) is 0.763. The quantitative estimate of drug-likeness (QED) is 0.593. The van der Waals surface area contributed by atoms with Gasteiger partial charge in [0, 0.05) is 6.61 Å². The van der Waals surface area contributed by atoms with Crippen molar-refractivity contribution in [3.8, 4) is 0 Å². The molecule has 0 fully saturated rings. The smallest absolute Gasteiger partial charge is 0.0641 e. The summed E-state index contributed by atoms with van der Waals surface area (Å²) in [6, 6.07) is 0. The van der Waals surface area contributed by atoms with Crippen LogP contribution in [0.15, 0.2) is 11.6 Å². The van der Waals surface area contributed by atoms with Crippen molar-refractivity contribution >= 4 is 0 Å². The van der Waals surface area contributed by atoms with E-state index < -0.39 is 0 Å². The molecule has 0 aromatic heterocycles. The average Bonchev–Trinajstić information content (AvgIpc) is 2.06. The maximum absolute atomic E-state index is 8.78. The molecule has 1 atom stereocenters. The fourth-order valence-corrected chi connectivity index (χ4v) is 0.763. The lowest BCUT2D eigenvalue weighted by atomic mass is 10.1. The van der Waals surface area contributed by atoms with Crippen molar-refractivity contribution in [2.45, 2.75) is 26.7 Å². The highest BCUT2D eigenvalue weighted by atomic mass is 16.3. The summed E-state index contributed by atoms with van der Waals surface area (Å²) in [6.45, 7) is 4.38. The molecular weight excluding hydrogens is 140 g/mol. The molecule has 2 nitrogen and oxygen atoms in total. The highest BCUT2D eigenvalue weighted by molar-refractivity contribution is 5.01. The molecule has 0 aliphatic carbocycles. The maximum Gasteiger partial charge on any atom is 0.0641 e. The van der Waals surface area contributed by atoms with E-state index in [9.17, 15) is 0 Å². The second-order valence-corrected chi connectivity index (χ2v) is 2.90. The first-order valence-corrected chi connectivity index (χ1v) is 4.14. The van der Waals surface area contributed by atoms with Crippen LogP contribution in [0, 0.1) is 5.92 Å². The van der Waals surface area contributed by atoms with Crippen molar-refractivity contribution in [3.05, 3.63) is 11.6 Å². The zero-order valence-corrected chi connectivity index (χ0v) is 7.38. The van der Waals surface area contributed by atoms with Crippen molar-refractivity contribution in [1.29, 1.82) is 0 Å². The molecule has 0 amide bonds. The van der Waals surface area contributed by atoms with Crippen molar-refractivity contribution in [2.75, 3.05) is 13.2 Å². The summed E-state index contributed by atoms with van der Waals surface area (Å²) in [5.74, 6) is 0.308. The van der Waals surface area contributed by atoms with Crippen molar-refractivity contribution in [2.24, 2.45) is 5.92 Å². The van der Waals surface area contributed by atoms with Gasteiger partial charge >= 0.3 is 0 Å². The summed E-state index contributed by atoms with van der Waals surface area (Å²) in [5, 5.41) is 17.5. The Morgan fingerprint density at radius 3 is 2.45 bits per heavy atom. The Balaban J connectivity index is 3.68. The topological polar surface area (TPSA) is 40.5 Å². The third-order valence-corrected chi connectivity index (χ3v) is 1.78. The molecule has 2 N–H and O–H groups in total. The van der Waals surface area contributed by atoms with Crippen LogP contribution in [0.4, 0.5) is 0 Å². The van der Waals surface area contributed by atoms with Gasteiger partial charge in [-0.2, -0.15) is 0 Å². The van der Waals surface area contributed by atoms with Crippen LogP contribution in [0.1, 0.15) is 26.7 Å². The van der Waals surface area contributed by atoms with Gasteiger partial charge in [-0.3, -0.25) is 0 Å². The third-order valence-electron chi connectivity index (χ3n) is 1.78. The summed E-state index contributed by atoms with van der Waals surface area (Å²) in [4.78, 5) is 0. The van der Waals surface area contributed by atoms with E-state index in [1.807, 2.05) is 19.9 Å². The van der Waals surface area contributed by atoms with Crippen LogP contribution in [0.25, 0.3) is 0 Å². The van der Waals surface area contributed by atoms with E-state index in [2.05, 4.69) is 0 Å². The number of rotatable bonds is 5. The Bertz CT molecular complexity index is 113. The standard InChI is InChI=1S/C9H18O2/c1-3-9(7-11)5-4-8(2)6-10/h5,8,10-11H,3-4,6-7H2,1-2H3/b9-5+. The minimum Gasteiger partial charge on any atom is -0.396 e. The summed E-state index contributed by atoms with van der Waals surface area (Å²) in [5.41, 5.74) is 1.06. The molecular formula is C9H18O2. The molecule has 66 valence electrons. The number of aliphatic hydroxyl groups excluding tert-OH is 2. The van der Waals surface area contributed by atoms with Crippen molar-refractivity contribution < 1.29 is 10.2 Å². The molecule has 0 bridgehead atoms. The highest BCUT2D eigenvalue weighted by Gasteiger charge is 1.97. The number of allylic oxidation sites excluding steroid dienone is 1. The summed E-state index contributed by atoms with van der Waals surface area (Å²) >= 11 is 0. The van der Waals surface area contributed by atoms with Crippen LogP contribution in [0.3, 0.4) is 0 Å². The number of hydrogen-bond acceptors (Lipinski definition) is 2. The third kappa shape index (κ3) is 4.99. The molecule has 1 unspecified atom stereocenters. The lowest BCUT2D eigenvalue weighted by molar-refractivity contribution is 0.238. The van der Waals surface area contributed by atoms with Gasteiger partial charge in [-0.25, -0.2) is 0 Å². The minimum absolute atomic E-state index is 0.147. The van der Waals surface area contributed by atoms with Gasteiger partial charge in [-0.15, -0.1) is 0 Å². The number of aliphatic hydroxyl groups is 2. The fraction of sp³-hybridized carbons (Fsp3) is 0.778. The molecule has 0 aliphatic heterocycles. The van der Waals surface area contributed by atoms with Crippen molar-refractivity contribution in [3.63, 3.8) is 0 Å². The maximum atomic E-state index is 8.78. The molecule has 2 heteroatoms. The lowest BCUT2D eigenvalue weighted by Crippen LogP contribution is -1.99. The van der Waals surface area contributed by atoms with E-state index in [4.69, 9.17) is 10.2 Å². The molecule has 0 saturated carbocycles. The average molecular weight is 158 g/mol. The molecule has 0 saturated heterocycles. The first-order chi connectivity index (χ1) is 5.24. The first kappa shape index (κ1) is 10.7. The van der Waals surface area contributed by atoms with E-state index in [1.165, 1.54) is 0 Å². The van der Waals surface area contributed by atoms with E-state index in [1.54, 1.807) is 0 Å².